The maximum absolute atomic E-state index is 13.3. The first-order valence-electron chi connectivity index (χ1n) is 17.9. The highest BCUT2D eigenvalue weighted by Crippen LogP contribution is 2.46. The van der Waals surface area contributed by atoms with Crippen LogP contribution in [0.5, 0.6) is 5.75 Å². The average molecular weight is 674 g/mol. The first-order valence-corrected chi connectivity index (χ1v) is 17.9. The van der Waals surface area contributed by atoms with E-state index in [9.17, 15) is 14.3 Å². The van der Waals surface area contributed by atoms with Gasteiger partial charge in [0, 0.05) is 42.9 Å². The highest BCUT2D eigenvalue weighted by atomic mass is 19.1. The predicted molar refractivity (Wildman–Crippen MR) is 195 cm³/mol. The molecule has 3 heterocycles. The van der Waals surface area contributed by atoms with Crippen LogP contribution in [0.3, 0.4) is 0 Å². The third kappa shape index (κ3) is 9.61. The number of carbonyl (C=O) groups is 1. The van der Waals surface area contributed by atoms with Crippen molar-refractivity contribution in [1.82, 2.24) is 9.88 Å². The molecule has 1 unspecified atom stereocenters. The average Bonchev–Trinajstić information content (AvgIpc) is 3.02. The molecule has 0 bridgehead atoms. The van der Waals surface area contributed by atoms with Crippen molar-refractivity contribution in [2.24, 2.45) is 10.8 Å². The van der Waals surface area contributed by atoms with Crippen molar-refractivity contribution in [3.8, 4) is 16.9 Å². The monoisotopic (exact) mass is 673 g/mol. The highest BCUT2D eigenvalue weighted by molar-refractivity contribution is 5.88. The fraction of sp³-hybridized carbons (Fsp3) is 0.561. The van der Waals surface area contributed by atoms with E-state index in [0.717, 1.165) is 85.7 Å². The van der Waals surface area contributed by atoms with Gasteiger partial charge in [-0.2, -0.15) is 0 Å². The zero-order chi connectivity index (χ0) is 35.6. The van der Waals surface area contributed by atoms with Crippen molar-refractivity contribution in [3.63, 3.8) is 0 Å². The molecule has 2 fully saturated rings. The van der Waals surface area contributed by atoms with E-state index in [2.05, 4.69) is 49.6 Å². The van der Waals surface area contributed by atoms with E-state index >= 15 is 0 Å². The number of anilines is 1. The summed E-state index contributed by atoms with van der Waals surface area (Å²) in [5.41, 5.74) is 6.06. The van der Waals surface area contributed by atoms with Crippen LogP contribution in [-0.4, -0.2) is 59.3 Å². The van der Waals surface area contributed by atoms with Gasteiger partial charge in [0.05, 0.1) is 23.6 Å². The van der Waals surface area contributed by atoms with Gasteiger partial charge in [-0.15, -0.1) is 0 Å². The van der Waals surface area contributed by atoms with E-state index in [1.54, 1.807) is 12.1 Å². The molecule has 2 saturated heterocycles. The Morgan fingerprint density at radius 1 is 0.918 bits per heavy atom. The SMILES string of the molecule is Cc1nc(CN2CCC(C)(C)CC2)c(-c2ccc(OCCc3ccc(F)cc3)cc2)c(N2CCC(C)(C)CC2)c1C(OC(C)(C)C)C(=O)O. The molecule has 0 saturated carbocycles. The third-order valence-corrected chi connectivity index (χ3v) is 10.2. The molecule has 1 atom stereocenters. The molecule has 1 aromatic heterocycles. The number of likely N-dealkylation sites (tertiary alicyclic amines) is 1. The number of nitrogens with zero attached hydrogens (tertiary/aromatic N) is 3. The smallest absolute Gasteiger partial charge is 0.337 e. The van der Waals surface area contributed by atoms with Gasteiger partial charge in [-0.05, 0) is 113 Å². The second kappa shape index (κ2) is 14.8. The Balaban J connectivity index is 1.59. The van der Waals surface area contributed by atoms with Gasteiger partial charge >= 0.3 is 5.97 Å². The van der Waals surface area contributed by atoms with Crippen LogP contribution in [0.2, 0.25) is 0 Å². The standard InChI is InChI=1S/C41H56FN3O4/c1-28-34(37(38(46)47)49-39(2,3)4)36(45-24-20-41(7,8)21-25-45)35(33(43-28)27-44-22-18-40(5,6)19-23-44)30-11-15-32(16-12-30)48-26-17-29-9-13-31(42)14-10-29/h9-16,37H,17-27H2,1-8H3,(H,46,47). The zero-order valence-electron chi connectivity index (χ0n) is 30.9. The summed E-state index contributed by atoms with van der Waals surface area (Å²) in [6.07, 6.45) is 3.75. The summed E-state index contributed by atoms with van der Waals surface area (Å²) in [6.45, 7) is 21.7. The van der Waals surface area contributed by atoms with Crippen LogP contribution in [-0.2, 0) is 22.5 Å². The van der Waals surface area contributed by atoms with Crippen molar-refractivity contribution in [2.75, 3.05) is 37.7 Å². The van der Waals surface area contributed by atoms with E-state index < -0.39 is 17.7 Å². The Hall–Kier alpha value is -3.49. The van der Waals surface area contributed by atoms with Crippen molar-refractivity contribution in [3.05, 3.63) is 76.9 Å². The van der Waals surface area contributed by atoms with E-state index in [0.29, 0.717) is 36.2 Å². The molecule has 5 rings (SSSR count). The maximum Gasteiger partial charge on any atom is 0.337 e. The number of halogens is 1. The van der Waals surface area contributed by atoms with Gasteiger partial charge in [0.2, 0.25) is 0 Å². The second-order valence-corrected chi connectivity index (χ2v) is 16.6. The van der Waals surface area contributed by atoms with Crippen LogP contribution in [0.4, 0.5) is 10.1 Å². The Labute approximate surface area is 292 Å². The number of hydrogen-bond acceptors (Lipinski definition) is 6. The normalized spacial score (nSPS) is 18.7. The summed E-state index contributed by atoms with van der Waals surface area (Å²) < 4.78 is 25.8. The van der Waals surface area contributed by atoms with Crippen LogP contribution in [0.25, 0.3) is 11.1 Å². The molecule has 2 aliphatic rings. The van der Waals surface area contributed by atoms with Gasteiger partial charge in [-0.25, -0.2) is 9.18 Å². The Morgan fingerprint density at radius 3 is 2.04 bits per heavy atom. The number of aryl methyl sites for hydroxylation is 1. The lowest BCUT2D eigenvalue weighted by Gasteiger charge is -2.42. The topological polar surface area (TPSA) is 75.1 Å². The number of benzene rings is 2. The molecule has 8 heteroatoms. The number of ether oxygens (including phenoxy) is 2. The molecule has 0 radical (unpaired) electrons. The molecule has 2 aromatic carbocycles. The Morgan fingerprint density at radius 2 is 1.49 bits per heavy atom. The van der Waals surface area contributed by atoms with Crippen LogP contribution in [0, 0.1) is 23.6 Å². The lowest BCUT2D eigenvalue weighted by Crippen LogP contribution is -2.40. The molecule has 3 aromatic rings. The van der Waals surface area contributed by atoms with Gasteiger partial charge in [0.1, 0.15) is 11.6 Å². The summed E-state index contributed by atoms with van der Waals surface area (Å²) in [4.78, 5) is 23.2. The number of piperidine rings is 2. The summed E-state index contributed by atoms with van der Waals surface area (Å²) in [7, 11) is 0. The van der Waals surface area contributed by atoms with Gasteiger partial charge in [0.15, 0.2) is 6.10 Å². The molecule has 0 amide bonds. The maximum atomic E-state index is 13.3. The lowest BCUT2D eigenvalue weighted by atomic mass is 9.81. The Kier molecular flexibility index (Phi) is 11.1. The van der Waals surface area contributed by atoms with Crippen molar-refractivity contribution in [2.45, 2.75) is 106 Å². The fourth-order valence-electron chi connectivity index (χ4n) is 6.93. The summed E-state index contributed by atoms with van der Waals surface area (Å²) in [5.74, 6) is -0.517. The fourth-order valence-corrected chi connectivity index (χ4v) is 6.93. The quantitative estimate of drug-likeness (QED) is 0.218. The molecule has 49 heavy (non-hydrogen) atoms. The second-order valence-electron chi connectivity index (χ2n) is 16.6. The van der Waals surface area contributed by atoms with Gasteiger partial charge in [-0.1, -0.05) is 52.0 Å². The van der Waals surface area contributed by atoms with Gasteiger partial charge < -0.3 is 19.5 Å². The molecule has 2 aliphatic heterocycles. The minimum Gasteiger partial charge on any atom is -0.493 e. The van der Waals surface area contributed by atoms with E-state index in [1.165, 1.54) is 12.1 Å². The molecular weight excluding hydrogens is 617 g/mol. The van der Waals surface area contributed by atoms with E-state index in [4.69, 9.17) is 14.5 Å². The largest absolute Gasteiger partial charge is 0.493 e. The number of rotatable bonds is 11. The van der Waals surface area contributed by atoms with E-state index in [-0.39, 0.29) is 11.2 Å². The number of pyridine rings is 1. The van der Waals surface area contributed by atoms with Crippen LogP contribution in [0.15, 0.2) is 48.5 Å². The number of aliphatic carboxylic acids is 1. The zero-order valence-corrected chi connectivity index (χ0v) is 30.9. The minimum absolute atomic E-state index is 0.212. The Bertz CT molecular complexity index is 1570. The van der Waals surface area contributed by atoms with E-state index in [1.807, 2.05) is 39.8 Å². The predicted octanol–water partition coefficient (Wildman–Crippen LogP) is 9.01. The van der Waals surface area contributed by atoms with Crippen molar-refractivity contribution < 1.29 is 23.8 Å². The number of carboxylic acid groups (broad SMARTS) is 1. The molecule has 1 N–H and O–H groups in total. The molecule has 266 valence electrons. The number of carboxylic acids is 1. The van der Waals surface area contributed by atoms with Gasteiger partial charge in [0.25, 0.3) is 0 Å². The number of hydrogen-bond donors (Lipinski definition) is 1. The molecule has 0 spiro atoms. The molecule has 7 nitrogen and oxygen atoms in total. The first-order chi connectivity index (χ1) is 23.0. The first kappa shape index (κ1) is 36.8. The molecule has 0 aliphatic carbocycles. The van der Waals surface area contributed by atoms with Crippen LogP contribution >= 0.6 is 0 Å². The third-order valence-electron chi connectivity index (χ3n) is 10.2. The lowest BCUT2D eigenvalue weighted by molar-refractivity contribution is -0.160. The summed E-state index contributed by atoms with van der Waals surface area (Å²) in [5, 5.41) is 10.7. The summed E-state index contributed by atoms with van der Waals surface area (Å²) in [6, 6.07) is 14.6. The summed E-state index contributed by atoms with van der Waals surface area (Å²) >= 11 is 0. The van der Waals surface area contributed by atoms with Crippen LogP contribution in [0.1, 0.15) is 103 Å². The highest BCUT2D eigenvalue weighted by Gasteiger charge is 2.37. The minimum atomic E-state index is -1.17. The van der Waals surface area contributed by atoms with Crippen molar-refractivity contribution >= 4 is 11.7 Å². The molecular formula is C41H56FN3O4. The van der Waals surface area contributed by atoms with Crippen LogP contribution < -0.4 is 9.64 Å². The van der Waals surface area contributed by atoms with Crippen molar-refractivity contribution in [1.29, 1.82) is 0 Å². The van der Waals surface area contributed by atoms with Gasteiger partial charge in [-0.3, -0.25) is 9.88 Å². The number of aromatic nitrogens is 1.